The topological polar surface area (TPSA) is 36.0 Å². The standard InChI is InChI=1S/C11H21N3O2/c1-12(2)10(15)14-5-4-11(9-14)8-13(3)6-7-16-11/h4-9H2,1-3H3. The Hall–Kier alpha value is -0.810. The summed E-state index contributed by atoms with van der Waals surface area (Å²) in [6.45, 7) is 4.24. The zero-order valence-electron chi connectivity index (χ0n) is 10.4. The fourth-order valence-corrected chi connectivity index (χ4v) is 2.57. The van der Waals surface area contributed by atoms with Crippen LogP contribution in [-0.4, -0.2) is 80.3 Å². The van der Waals surface area contributed by atoms with Crippen molar-refractivity contribution in [3.8, 4) is 0 Å². The third-order valence-corrected chi connectivity index (χ3v) is 3.41. The quantitative estimate of drug-likeness (QED) is 0.588. The van der Waals surface area contributed by atoms with Crippen LogP contribution >= 0.6 is 0 Å². The molecule has 0 aromatic rings. The summed E-state index contributed by atoms with van der Waals surface area (Å²) < 4.78 is 5.90. The van der Waals surface area contributed by atoms with E-state index in [4.69, 9.17) is 4.74 Å². The van der Waals surface area contributed by atoms with Crippen molar-refractivity contribution in [3.05, 3.63) is 0 Å². The van der Waals surface area contributed by atoms with E-state index in [2.05, 4.69) is 11.9 Å². The highest BCUT2D eigenvalue weighted by molar-refractivity contribution is 5.74. The van der Waals surface area contributed by atoms with Crippen LogP contribution in [0, 0.1) is 0 Å². The van der Waals surface area contributed by atoms with Gasteiger partial charge in [-0.25, -0.2) is 4.79 Å². The van der Waals surface area contributed by atoms with E-state index in [0.717, 1.165) is 39.2 Å². The van der Waals surface area contributed by atoms with Gasteiger partial charge in [0.15, 0.2) is 0 Å². The van der Waals surface area contributed by atoms with Crippen LogP contribution in [0.3, 0.4) is 0 Å². The minimum Gasteiger partial charge on any atom is -0.370 e. The van der Waals surface area contributed by atoms with E-state index < -0.39 is 0 Å². The van der Waals surface area contributed by atoms with Crippen molar-refractivity contribution in [2.45, 2.75) is 12.0 Å². The summed E-state index contributed by atoms with van der Waals surface area (Å²) in [5.74, 6) is 0. The maximum atomic E-state index is 11.8. The van der Waals surface area contributed by atoms with E-state index in [9.17, 15) is 4.79 Å². The Morgan fingerprint density at radius 1 is 1.31 bits per heavy atom. The van der Waals surface area contributed by atoms with E-state index in [-0.39, 0.29) is 11.6 Å². The van der Waals surface area contributed by atoms with Crippen LogP contribution < -0.4 is 0 Å². The first-order valence-corrected chi connectivity index (χ1v) is 5.81. The number of nitrogens with zero attached hydrogens (tertiary/aromatic N) is 3. The lowest BCUT2D eigenvalue weighted by molar-refractivity contribution is -0.0935. The Bertz CT molecular complexity index is 282. The van der Waals surface area contributed by atoms with Gasteiger partial charge in [-0.1, -0.05) is 0 Å². The van der Waals surface area contributed by atoms with Gasteiger partial charge in [0.25, 0.3) is 0 Å². The Morgan fingerprint density at radius 3 is 2.69 bits per heavy atom. The molecule has 2 amide bonds. The molecule has 1 unspecified atom stereocenters. The van der Waals surface area contributed by atoms with E-state index in [0.29, 0.717) is 0 Å². The molecule has 0 bridgehead atoms. The second-order valence-electron chi connectivity index (χ2n) is 5.12. The molecule has 92 valence electrons. The molecule has 5 heteroatoms. The number of carbonyl (C=O) groups excluding carboxylic acids is 1. The van der Waals surface area contributed by atoms with Crippen molar-refractivity contribution in [2.24, 2.45) is 0 Å². The molecule has 1 atom stereocenters. The number of rotatable bonds is 0. The second-order valence-corrected chi connectivity index (χ2v) is 5.12. The van der Waals surface area contributed by atoms with Gasteiger partial charge in [0, 0.05) is 33.7 Å². The Balaban J connectivity index is 1.98. The van der Waals surface area contributed by atoms with Gasteiger partial charge in [0.2, 0.25) is 0 Å². The fraction of sp³-hybridized carbons (Fsp3) is 0.909. The van der Waals surface area contributed by atoms with Crippen LogP contribution in [0.5, 0.6) is 0 Å². The number of ether oxygens (including phenoxy) is 1. The SMILES string of the molecule is CN1CCOC2(CCN(C(=O)N(C)C)C2)C1. The van der Waals surface area contributed by atoms with Gasteiger partial charge in [-0.05, 0) is 13.5 Å². The first kappa shape index (κ1) is 11.7. The van der Waals surface area contributed by atoms with Crippen LogP contribution in [0.4, 0.5) is 4.79 Å². The molecule has 0 aromatic carbocycles. The molecule has 2 aliphatic rings. The number of urea groups is 1. The number of hydrogen-bond donors (Lipinski definition) is 0. The molecule has 0 aliphatic carbocycles. The number of morpholine rings is 1. The molecule has 0 N–H and O–H groups in total. The van der Waals surface area contributed by atoms with Gasteiger partial charge in [-0.15, -0.1) is 0 Å². The number of carbonyl (C=O) groups is 1. The lowest BCUT2D eigenvalue weighted by Crippen LogP contribution is -2.52. The largest absolute Gasteiger partial charge is 0.370 e. The summed E-state index contributed by atoms with van der Waals surface area (Å²) in [6.07, 6.45) is 0.955. The number of hydrogen-bond acceptors (Lipinski definition) is 3. The smallest absolute Gasteiger partial charge is 0.319 e. The Morgan fingerprint density at radius 2 is 2.06 bits per heavy atom. The molecule has 0 radical (unpaired) electrons. The van der Waals surface area contributed by atoms with Gasteiger partial charge < -0.3 is 19.4 Å². The maximum Gasteiger partial charge on any atom is 0.319 e. The zero-order valence-corrected chi connectivity index (χ0v) is 10.4. The van der Waals surface area contributed by atoms with E-state index in [1.54, 1.807) is 19.0 Å². The number of amides is 2. The van der Waals surface area contributed by atoms with Crippen molar-refractivity contribution in [2.75, 3.05) is 53.9 Å². The molecule has 0 saturated carbocycles. The average molecular weight is 227 g/mol. The van der Waals surface area contributed by atoms with Crippen molar-refractivity contribution in [3.63, 3.8) is 0 Å². The van der Waals surface area contributed by atoms with Crippen LogP contribution in [0.25, 0.3) is 0 Å². The fourth-order valence-electron chi connectivity index (χ4n) is 2.57. The average Bonchev–Trinajstić information content (AvgIpc) is 2.60. The molecule has 1 spiro atoms. The van der Waals surface area contributed by atoms with Crippen molar-refractivity contribution >= 4 is 6.03 Å². The minimum atomic E-state index is -0.112. The highest BCUT2D eigenvalue weighted by Crippen LogP contribution is 2.29. The van der Waals surface area contributed by atoms with Gasteiger partial charge in [-0.3, -0.25) is 0 Å². The molecule has 2 heterocycles. The molecule has 2 aliphatic heterocycles. The summed E-state index contributed by atoms with van der Waals surface area (Å²) in [5, 5.41) is 0. The van der Waals surface area contributed by atoms with Gasteiger partial charge >= 0.3 is 6.03 Å². The molecule has 2 fully saturated rings. The summed E-state index contributed by atoms with van der Waals surface area (Å²) in [4.78, 5) is 17.6. The highest BCUT2D eigenvalue weighted by atomic mass is 16.5. The maximum absolute atomic E-state index is 11.8. The Kier molecular flexibility index (Phi) is 3.08. The first-order valence-electron chi connectivity index (χ1n) is 5.81. The lowest BCUT2D eigenvalue weighted by Gasteiger charge is -2.38. The van der Waals surface area contributed by atoms with Gasteiger partial charge in [-0.2, -0.15) is 0 Å². The molecule has 5 nitrogen and oxygen atoms in total. The van der Waals surface area contributed by atoms with E-state index in [1.807, 2.05) is 4.90 Å². The molecule has 0 aromatic heterocycles. The second kappa shape index (κ2) is 4.22. The summed E-state index contributed by atoms with van der Waals surface area (Å²) in [6, 6.07) is 0.0914. The predicted molar refractivity (Wildman–Crippen MR) is 61.5 cm³/mol. The van der Waals surface area contributed by atoms with Crippen LogP contribution in [-0.2, 0) is 4.74 Å². The molecule has 16 heavy (non-hydrogen) atoms. The Labute approximate surface area is 96.9 Å². The van der Waals surface area contributed by atoms with E-state index in [1.165, 1.54) is 0 Å². The van der Waals surface area contributed by atoms with E-state index >= 15 is 0 Å². The normalized spacial score (nSPS) is 31.1. The van der Waals surface area contributed by atoms with Crippen LogP contribution in [0.2, 0.25) is 0 Å². The lowest BCUT2D eigenvalue weighted by atomic mass is 10.0. The third-order valence-electron chi connectivity index (χ3n) is 3.41. The van der Waals surface area contributed by atoms with Crippen LogP contribution in [0.1, 0.15) is 6.42 Å². The first-order chi connectivity index (χ1) is 7.52. The van der Waals surface area contributed by atoms with Gasteiger partial charge in [0.1, 0.15) is 5.60 Å². The van der Waals surface area contributed by atoms with Crippen molar-refractivity contribution in [1.82, 2.24) is 14.7 Å². The molecule has 2 rings (SSSR count). The van der Waals surface area contributed by atoms with Crippen LogP contribution in [0.15, 0.2) is 0 Å². The predicted octanol–water partition coefficient (Wildman–Crippen LogP) is 0.0745. The van der Waals surface area contributed by atoms with Crippen molar-refractivity contribution < 1.29 is 9.53 Å². The summed E-state index contributed by atoms with van der Waals surface area (Å²) >= 11 is 0. The summed E-state index contributed by atoms with van der Waals surface area (Å²) in [5.41, 5.74) is -0.112. The van der Waals surface area contributed by atoms with Gasteiger partial charge in [0.05, 0.1) is 13.2 Å². The molecule has 2 saturated heterocycles. The molecular formula is C11H21N3O2. The summed E-state index contributed by atoms with van der Waals surface area (Å²) in [7, 11) is 5.70. The highest BCUT2D eigenvalue weighted by Gasteiger charge is 2.43. The molecular weight excluding hydrogens is 206 g/mol. The third kappa shape index (κ3) is 2.15. The number of likely N-dealkylation sites (N-methyl/N-ethyl adjacent to an activating group) is 1. The zero-order chi connectivity index (χ0) is 11.8. The monoisotopic (exact) mass is 227 g/mol. The minimum absolute atomic E-state index is 0.0914. The number of likely N-dealkylation sites (tertiary alicyclic amines) is 1. The van der Waals surface area contributed by atoms with Crippen molar-refractivity contribution in [1.29, 1.82) is 0 Å².